The highest BCUT2D eigenvalue weighted by molar-refractivity contribution is 5.35. The van der Waals surface area contributed by atoms with Gasteiger partial charge in [-0.15, -0.1) is 0 Å². The summed E-state index contributed by atoms with van der Waals surface area (Å²) < 4.78 is 0. The Kier molecular flexibility index (Phi) is 3.60. The standard InChI is InChI=1S/C17H20N2/c1-13(15-7-9-18-10-8-15)19-12-14-5-6-16-3-2-4-17(16)11-14/h5-11,13,19H,2-4,12H2,1H3. The summed E-state index contributed by atoms with van der Waals surface area (Å²) in [5.74, 6) is 0. The predicted molar refractivity (Wildman–Crippen MR) is 78.0 cm³/mol. The summed E-state index contributed by atoms with van der Waals surface area (Å²) in [5, 5.41) is 3.58. The Balaban J connectivity index is 1.63. The summed E-state index contributed by atoms with van der Waals surface area (Å²) in [4.78, 5) is 4.06. The molecule has 1 aliphatic rings. The third kappa shape index (κ3) is 2.85. The molecule has 0 saturated carbocycles. The van der Waals surface area contributed by atoms with Crippen molar-refractivity contribution in [2.75, 3.05) is 0 Å². The summed E-state index contributed by atoms with van der Waals surface area (Å²) in [6.45, 7) is 3.12. The highest BCUT2D eigenvalue weighted by Crippen LogP contribution is 2.23. The van der Waals surface area contributed by atoms with Crippen molar-refractivity contribution in [2.24, 2.45) is 0 Å². The van der Waals surface area contributed by atoms with Gasteiger partial charge in [0.1, 0.15) is 0 Å². The smallest absolute Gasteiger partial charge is 0.0296 e. The summed E-state index contributed by atoms with van der Waals surface area (Å²) >= 11 is 0. The van der Waals surface area contributed by atoms with E-state index in [0.717, 1.165) is 6.54 Å². The number of aryl methyl sites for hydroxylation is 2. The first-order valence-electron chi connectivity index (χ1n) is 7.07. The first-order chi connectivity index (χ1) is 9.33. The molecular formula is C17H20N2. The van der Waals surface area contributed by atoms with Crippen LogP contribution < -0.4 is 5.32 Å². The van der Waals surface area contributed by atoms with E-state index in [9.17, 15) is 0 Å². The van der Waals surface area contributed by atoms with Crippen LogP contribution in [0.5, 0.6) is 0 Å². The molecule has 2 nitrogen and oxygen atoms in total. The Labute approximate surface area is 114 Å². The predicted octanol–water partition coefficient (Wildman–Crippen LogP) is 3.42. The summed E-state index contributed by atoms with van der Waals surface area (Å²) in [6, 6.07) is 11.4. The van der Waals surface area contributed by atoms with Crippen LogP contribution in [-0.2, 0) is 19.4 Å². The Hall–Kier alpha value is -1.67. The van der Waals surface area contributed by atoms with Crippen LogP contribution in [-0.4, -0.2) is 4.98 Å². The fourth-order valence-electron chi connectivity index (χ4n) is 2.78. The van der Waals surface area contributed by atoms with Crippen LogP contribution in [0.2, 0.25) is 0 Å². The lowest BCUT2D eigenvalue weighted by Gasteiger charge is -2.14. The number of hydrogen-bond acceptors (Lipinski definition) is 2. The second kappa shape index (κ2) is 5.54. The Bertz CT molecular complexity index is 548. The van der Waals surface area contributed by atoms with Crippen molar-refractivity contribution in [1.29, 1.82) is 0 Å². The lowest BCUT2D eigenvalue weighted by molar-refractivity contribution is 0.574. The molecule has 1 aliphatic carbocycles. The normalized spacial score (nSPS) is 15.2. The van der Waals surface area contributed by atoms with Crippen molar-refractivity contribution in [3.63, 3.8) is 0 Å². The summed E-state index contributed by atoms with van der Waals surface area (Å²) in [7, 11) is 0. The van der Waals surface area contributed by atoms with E-state index in [2.05, 4.69) is 47.6 Å². The molecule has 0 saturated heterocycles. The highest BCUT2D eigenvalue weighted by atomic mass is 14.9. The first-order valence-corrected chi connectivity index (χ1v) is 7.07. The number of nitrogens with one attached hydrogen (secondary N) is 1. The van der Waals surface area contributed by atoms with Crippen molar-refractivity contribution in [1.82, 2.24) is 10.3 Å². The number of fused-ring (bicyclic) bond motifs is 1. The van der Waals surface area contributed by atoms with Crippen LogP contribution in [0.1, 0.15) is 41.6 Å². The summed E-state index contributed by atoms with van der Waals surface area (Å²) in [5.41, 5.74) is 5.78. The minimum absolute atomic E-state index is 0.358. The van der Waals surface area contributed by atoms with Crippen molar-refractivity contribution < 1.29 is 0 Å². The second-order valence-electron chi connectivity index (χ2n) is 5.34. The number of benzene rings is 1. The van der Waals surface area contributed by atoms with Crippen LogP contribution in [0.25, 0.3) is 0 Å². The van der Waals surface area contributed by atoms with Crippen molar-refractivity contribution in [2.45, 2.75) is 38.8 Å². The van der Waals surface area contributed by atoms with Gasteiger partial charge in [0.15, 0.2) is 0 Å². The molecule has 0 amide bonds. The molecule has 0 bridgehead atoms. The van der Waals surface area contributed by atoms with E-state index in [-0.39, 0.29) is 0 Å². The van der Waals surface area contributed by atoms with Gasteiger partial charge in [0, 0.05) is 25.0 Å². The number of rotatable bonds is 4. The van der Waals surface area contributed by atoms with Gasteiger partial charge in [-0.3, -0.25) is 4.98 Å². The van der Waals surface area contributed by atoms with Crippen LogP contribution in [0.4, 0.5) is 0 Å². The Morgan fingerprint density at radius 3 is 2.74 bits per heavy atom. The third-order valence-corrected chi connectivity index (χ3v) is 3.98. The van der Waals surface area contributed by atoms with Crippen molar-refractivity contribution in [3.05, 3.63) is 65.0 Å². The van der Waals surface area contributed by atoms with E-state index >= 15 is 0 Å². The Morgan fingerprint density at radius 1 is 1.11 bits per heavy atom. The van der Waals surface area contributed by atoms with Crippen molar-refractivity contribution >= 4 is 0 Å². The van der Waals surface area contributed by atoms with Gasteiger partial charge >= 0.3 is 0 Å². The molecule has 1 unspecified atom stereocenters. The Morgan fingerprint density at radius 2 is 1.89 bits per heavy atom. The quantitative estimate of drug-likeness (QED) is 0.902. The largest absolute Gasteiger partial charge is 0.306 e. The lowest BCUT2D eigenvalue weighted by Crippen LogP contribution is -2.18. The summed E-state index contributed by atoms with van der Waals surface area (Å²) in [6.07, 6.45) is 7.53. The SMILES string of the molecule is CC(NCc1ccc2c(c1)CCC2)c1ccncc1. The van der Waals surface area contributed by atoms with E-state index in [0.29, 0.717) is 6.04 Å². The molecule has 1 heterocycles. The maximum atomic E-state index is 4.06. The van der Waals surface area contributed by atoms with Gasteiger partial charge < -0.3 is 5.32 Å². The molecular weight excluding hydrogens is 232 g/mol. The fraction of sp³-hybridized carbons (Fsp3) is 0.353. The maximum absolute atomic E-state index is 4.06. The molecule has 0 aliphatic heterocycles. The van der Waals surface area contributed by atoms with Gasteiger partial charge in [-0.05, 0) is 60.6 Å². The van der Waals surface area contributed by atoms with Gasteiger partial charge in [-0.25, -0.2) is 0 Å². The molecule has 1 aromatic carbocycles. The molecule has 0 fully saturated rings. The minimum atomic E-state index is 0.358. The lowest BCUT2D eigenvalue weighted by atomic mass is 10.1. The zero-order valence-electron chi connectivity index (χ0n) is 11.4. The zero-order chi connectivity index (χ0) is 13.1. The first kappa shape index (κ1) is 12.4. The third-order valence-electron chi connectivity index (χ3n) is 3.98. The molecule has 1 atom stereocenters. The average molecular weight is 252 g/mol. The maximum Gasteiger partial charge on any atom is 0.0296 e. The van der Waals surface area contributed by atoms with Gasteiger partial charge in [-0.2, -0.15) is 0 Å². The molecule has 0 radical (unpaired) electrons. The van der Waals surface area contributed by atoms with Gasteiger partial charge in [0.2, 0.25) is 0 Å². The van der Waals surface area contributed by atoms with E-state index in [1.165, 1.54) is 30.4 Å². The molecule has 1 N–H and O–H groups in total. The monoisotopic (exact) mass is 252 g/mol. The van der Waals surface area contributed by atoms with Gasteiger partial charge in [-0.1, -0.05) is 18.2 Å². The van der Waals surface area contributed by atoms with Gasteiger partial charge in [0.05, 0.1) is 0 Å². The van der Waals surface area contributed by atoms with E-state index in [1.807, 2.05) is 12.4 Å². The van der Waals surface area contributed by atoms with Crippen LogP contribution in [0.3, 0.4) is 0 Å². The molecule has 2 heteroatoms. The minimum Gasteiger partial charge on any atom is -0.306 e. The van der Waals surface area contributed by atoms with Crippen LogP contribution >= 0.6 is 0 Å². The zero-order valence-corrected chi connectivity index (χ0v) is 11.4. The molecule has 19 heavy (non-hydrogen) atoms. The number of nitrogens with zero attached hydrogens (tertiary/aromatic N) is 1. The van der Waals surface area contributed by atoms with E-state index in [1.54, 1.807) is 11.1 Å². The second-order valence-corrected chi connectivity index (χ2v) is 5.34. The van der Waals surface area contributed by atoms with Crippen LogP contribution in [0.15, 0.2) is 42.7 Å². The molecule has 3 rings (SSSR count). The van der Waals surface area contributed by atoms with Gasteiger partial charge in [0.25, 0.3) is 0 Å². The number of aromatic nitrogens is 1. The van der Waals surface area contributed by atoms with Crippen LogP contribution in [0, 0.1) is 0 Å². The molecule has 0 spiro atoms. The average Bonchev–Trinajstić information content (AvgIpc) is 2.93. The molecule has 98 valence electrons. The number of hydrogen-bond donors (Lipinski definition) is 1. The topological polar surface area (TPSA) is 24.9 Å². The highest BCUT2D eigenvalue weighted by Gasteiger charge is 2.11. The molecule has 2 aromatic rings. The molecule has 1 aromatic heterocycles. The van der Waals surface area contributed by atoms with Crippen molar-refractivity contribution in [3.8, 4) is 0 Å². The van der Waals surface area contributed by atoms with E-state index in [4.69, 9.17) is 0 Å². The number of pyridine rings is 1. The van der Waals surface area contributed by atoms with E-state index < -0.39 is 0 Å². The fourth-order valence-corrected chi connectivity index (χ4v) is 2.78.